The molecule has 88 valence electrons. The highest BCUT2D eigenvalue weighted by Crippen LogP contribution is 2.27. The van der Waals surface area contributed by atoms with Crippen molar-refractivity contribution in [1.29, 1.82) is 0 Å². The number of fused-ring (bicyclic) bond motifs is 1. The van der Waals surface area contributed by atoms with E-state index in [4.69, 9.17) is 0 Å². The van der Waals surface area contributed by atoms with Crippen molar-refractivity contribution in [1.82, 2.24) is 10.2 Å². The molecule has 2 aromatic rings. The van der Waals surface area contributed by atoms with Gasteiger partial charge < -0.3 is 10.2 Å². The summed E-state index contributed by atoms with van der Waals surface area (Å²) in [6.07, 6.45) is 4.81. The molecular weight excluding hydrogens is 212 g/mol. The van der Waals surface area contributed by atoms with E-state index in [2.05, 4.69) is 45.7 Å². The van der Waals surface area contributed by atoms with Crippen molar-refractivity contribution < 1.29 is 0 Å². The quantitative estimate of drug-likeness (QED) is 0.844. The minimum atomic E-state index is 0.844. The fourth-order valence-electron chi connectivity index (χ4n) is 2.28. The van der Waals surface area contributed by atoms with Gasteiger partial charge in [0.15, 0.2) is 0 Å². The van der Waals surface area contributed by atoms with Crippen LogP contribution in [-0.4, -0.2) is 23.8 Å². The number of hydrogen-bond acceptors (Lipinski definition) is 3. The summed E-state index contributed by atoms with van der Waals surface area (Å²) in [4.78, 5) is 2.31. The number of hydrogen-bond donors (Lipinski definition) is 2. The minimum Gasteiger partial charge on any atom is -0.378 e. The molecule has 0 atom stereocenters. The van der Waals surface area contributed by atoms with Gasteiger partial charge in [-0.15, -0.1) is 0 Å². The molecule has 0 saturated carbocycles. The highest BCUT2D eigenvalue weighted by molar-refractivity contribution is 5.58. The predicted octanol–water partition coefficient (Wildman–Crippen LogP) is 2.01. The van der Waals surface area contributed by atoms with Crippen LogP contribution < -0.4 is 10.2 Å². The third-order valence-electron chi connectivity index (χ3n) is 3.27. The molecule has 0 amide bonds. The van der Waals surface area contributed by atoms with Gasteiger partial charge in [0.1, 0.15) is 0 Å². The summed E-state index contributed by atoms with van der Waals surface area (Å²) >= 11 is 0. The Kier molecular flexibility index (Phi) is 2.48. The van der Waals surface area contributed by atoms with Gasteiger partial charge >= 0.3 is 0 Å². The summed E-state index contributed by atoms with van der Waals surface area (Å²) < 4.78 is 0. The number of H-pyrrole nitrogens is 1. The number of benzene rings is 1. The van der Waals surface area contributed by atoms with Gasteiger partial charge in [0.2, 0.25) is 0 Å². The molecule has 2 N–H and O–H groups in total. The van der Waals surface area contributed by atoms with Gasteiger partial charge in [-0.2, -0.15) is 5.10 Å². The summed E-state index contributed by atoms with van der Waals surface area (Å²) in [6.45, 7) is 1.98. The molecule has 1 aromatic heterocycles. The third-order valence-corrected chi connectivity index (χ3v) is 3.27. The van der Waals surface area contributed by atoms with Crippen LogP contribution in [-0.2, 0) is 13.0 Å². The lowest BCUT2D eigenvalue weighted by Gasteiger charge is -2.12. The molecule has 2 heterocycles. The summed E-state index contributed by atoms with van der Waals surface area (Å²) in [6, 6.07) is 6.70. The maximum Gasteiger partial charge on any atom is 0.0726 e. The highest BCUT2D eigenvalue weighted by Gasteiger charge is 2.15. The SMILES string of the molecule is CN1CCc2cc(CNc3cn[nH]c3)ccc21. The van der Waals surface area contributed by atoms with E-state index in [1.54, 1.807) is 6.20 Å². The Labute approximate surface area is 101 Å². The topological polar surface area (TPSA) is 44.0 Å². The first-order valence-corrected chi connectivity index (χ1v) is 5.88. The van der Waals surface area contributed by atoms with Crippen LogP contribution in [0, 0.1) is 0 Å². The van der Waals surface area contributed by atoms with Crippen molar-refractivity contribution in [2.75, 3.05) is 23.8 Å². The maximum atomic E-state index is 3.91. The molecule has 1 aromatic carbocycles. The maximum absolute atomic E-state index is 3.91. The summed E-state index contributed by atoms with van der Waals surface area (Å²) in [5.74, 6) is 0. The van der Waals surface area contributed by atoms with Gasteiger partial charge in [-0.05, 0) is 23.6 Å². The normalized spacial score (nSPS) is 13.8. The summed E-state index contributed by atoms with van der Waals surface area (Å²) in [5, 5.41) is 10.0. The molecule has 1 aliphatic rings. The zero-order valence-corrected chi connectivity index (χ0v) is 9.90. The standard InChI is InChI=1S/C13H16N4/c1-17-5-4-11-6-10(2-3-13(11)17)7-14-12-8-15-16-9-12/h2-3,6,8-9,14H,4-5,7H2,1H3,(H,15,16). The molecule has 0 unspecified atom stereocenters. The molecule has 0 spiro atoms. The Morgan fingerprint density at radius 3 is 3.24 bits per heavy atom. The van der Waals surface area contributed by atoms with E-state index in [0.717, 1.165) is 25.2 Å². The van der Waals surface area contributed by atoms with E-state index in [-0.39, 0.29) is 0 Å². The van der Waals surface area contributed by atoms with Crippen LogP contribution in [0.5, 0.6) is 0 Å². The first-order valence-electron chi connectivity index (χ1n) is 5.88. The van der Waals surface area contributed by atoms with Gasteiger partial charge in [-0.3, -0.25) is 5.10 Å². The van der Waals surface area contributed by atoms with Crippen LogP contribution in [0.2, 0.25) is 0 Å². The van der Waals surface area contributed by atoms with Gasteiger partial charge in [0.25, 0.3) is 0 Å². The van der Waals surface area contributed by atoms with Crippen molar-refractivity contribution in [3.8, 4) is 0 Å². The molecule has 1 aliphatic heterocycles. The van der Waals surface area contributed by atoms with Gasteiger partial charge in [-0.25, -0.2) is 0 Å². The second kappa shape index (κ2) is 4.13. The number of likely N-dealkylation sites (N-methyl/N-ethyl adjacent to an activating group) is 1. The Morgan fingerprint density at radius 2 is 2.41 bits per heavy atom. The Bertz CT molecular complexity index is 504. The molecule has 4 heteroatoms. The smallest absolute Gasteiger partial charge is 0.0726 e. The number of nitrogens with zero attached hydrogens (tertiary/aromatic N) is 2. The van der Waals surface area contributed by atoms with Gasteiger partial charge in [0.05, 0.1) is 11.9 Å². The van der Waals surface area contributed by atoms with E-state index >= 15 is 0 Å². The van der Waals surface area contributed by atoms with Crippen molar-refractivity contribution in [3.63, 3.8) is 0 Å². The van der Waals surface area contributed by atoms with Crippen LogP contribution in [0.15, 0.2) is 30.6 Å². The first-order chi connectivity index (χ1) is 8.33. The lowest BCUT2D eigenvalue weighted by Crippen LogP contribution is -2.12. The van der Waals surface area contributed by atoms with Crippen molar-refractivity contribution in [2.45, 2.75) is 13.0 Å². The monoisotopic (exact) mass is 228 g/mol. The van der Waals surface area contributed by atoms with Crippen LogP contribution in [0.4, 0.5) is 11.4 Å². The fourth-order valence-corrected chi connectivity index (χ4v) is 2.28. The van der Waals surface area contributed by atoms with Gasteiger partial charge in [-0.1, -0.05) is 12.1 Å². The first kappa shape index (κ1) is 10.2. The Morgan fingerprint density at radius 1 is 1.47 bits per heavy atom. The van der Waals surface area contributed by atoms with E-state index in [1.807, 2.05) is 6.20 Å². The van der Waals surface area contributed by atoms with Crippen molar-refractivity contribution >= 4 is 11.4 Å². The van der Waals surface area contributed by atoms with E-state index in [1.165, 1.54) is 16.8 Å². The summed E-state index contributed by atoms with van der Waals surface area (Å²) in [5.41, 5.74) is 5.18. The molecule has 0 fully saturated rings. The van der Waals surface area contributed by atoms with Crippen LogP contribution >= 0.6 is 0 Å². The molecule has 0 bridgehead atoms. The predicted molar refractivity (Wildman–Crippen MR) is 69.3 cm³/mol. The Hall–Kier alpha value is -1.97. The van der Waals surface area contributed by atoms with Crippen molar-refractivity contribution in [3.05, 3.63) is 41.7 Å². The molecule has 0 saturated heterocycles. The molecule has 0 radical (unpaired) electrons. The number of aromatic nitrogens is 2. The van der Waals surface area contributed by atoms with E-state index in [9.17, 15) is 0 Å². The second-order valence-corrected chi connectivity index (χ2v) is 4.48. The average Bonchev–Trinajstić information content (AvgIpc) is 2.97. The summed E-state index contributed by atoms with van der Waals surface area (Å²) in [7, 11) is 2.15. The van der Waals surface area contributed by atoms with E-state index in [0.29, 0.717) is 0 Å². The third kappa shape index (κ3) is 1.98. The molecular formula is C13H16N4. The molecule has 0 aliphatic carbocycles. The van der Waals surface area contributed by atoms with Crippen molar-refractivity contribution in [2.24, 2.45) is 0 Å². The molecule has 3 rings (SSSR count). The lowest BCUT2D eigenvalue weighted by molar-refractivity contribution is 0.955. The highest BCUT2D eigenvalue weighted by atomic mass is 15.1. The van der Waals surface area contributed by atoms with Gasteiger partial charge in [0, 0.05) is 32.0 Å². The average molecular weight is 228 g/mol. The van der Waals surface area contributed by atoms with Crippen LogP contribution in [0.25, 0.3) is 0 Å². The zero-order chi connectivity index (χ0) is 11.7. The zero-order valence-electron chi connectivity index (χ0n) is 9.90. The number of anilines is 2. The number of rotatable bonds is 3. The Balaban J connectivity index is 1.72. The number of aromatic amines is 1. The lowest BCUT2D eigenvalue weighted by atomic mass is 10.1. The molecule has 17 heavy (non-hydrogen) atoms. The largest absolute Gasteiger partial charge is 0.378 e. The van der Waals surface area contributed by atoms with Crippen LogP contribution in [0.3, 0.4) is 0 Å². The van der Waals surface area contributed by atoms with Crippen LogP contribution in [0.1, 0.15) is 11.1 Å². The number of nitrogens with one attached hydrogen (secondary N) is 2. The fraction of sp³-hybridized carbons (Fsp3) is 0.308. The van der Waals surface area contributed by atoms with E-state index < -0.39 is 0 Å². The second-order valence-electron chi connectivity index (χ2n) is 4.48. The minimum absolute atomic E-state index is 0.844. The molecule has 4 nitrogen and oxygen atoms in total.